The topological polar surface area (TPSA) is 48.9 Å². The molecule has 0 saturated carbocycles. The Morgan fingerprint density at radius 3 is 2.81 bits per heavy atom. The predicted octanol–water partition coefficient (Wildman–Crippen LogP) is 3.21. The van der Waals surface area contributed by atoms with Crippen LogP contribution in [0.2, 0.25) is 0 Å². The Bertz CT molecular complexity index is 540. The molecule has 0 spiro atoms. The van der Waals surface area contributed by atoms with Crippen molar-refractivity contribution in [1.29, 1.82) is 0 Å². The Balaban J connectivity index is 0.00000261. The summed E-state index contributed by atoms with van der Waals surface area (Å²) in [5.74, 6) is 2.30. The van der Waals surface area contributed by atoms with Gasteiger partial charge in [0.2, 0.25) is 0 Å². The number of halogens is 1. The standard InChI is InChI=1S/C20H34N4OS.HI/c1-16(12-19-4-3-11-26-19)13-22-20(21-2)23-18-5-8-24(9-6-18)14-17-7-10-25-15-17;/h3-4,11,16-18H,5-10,12-15H2,1-2H3,(H2,21,22,23);1H. The third kappa shape index (κ3) is 7.87. The van der Waals surface area contributed by atoms with Gasteiger partial charge in [0.05, 0.1) is 6.61 Å². The smallest absolute Gasteiger partial charge is 0.191 e. The monoisotopic (exact) mass is 506 g/mol. The van der Waals surface area contributed by atoms with E-state index in [-0.39, 0.29) is 24.0 Å². The summed E-state index contributed by atoms with van der Waals surface area (Å²) in [5, 5.41) is 9.29. The van der Waals surface area contributed by atoms with E-state index in [1.54, 1.807) is 0 Å². The molecular weight excluding hydrogens is 471 g/mol. The molecule has 5 nitrogen and oxygen atoms in total. The molecule has 2 saturated heterocycles. The SMILES string of the molecule is CN=C(NCC(C)Cc1cccs1)NC1CCN(CC2CCOC2)CC1.I. The first-order valence-corrected chi connectivity index (χ1v) is 10.9. The Morgan fingerprint density at radius 2 is 2.19 bits per heavy atom. The first kappa shape index (κ1) is 22.9. The molecule has 3 heterocycles. The molecule has 2 aliphatic rings. The molecule has 2 fully saturated rings. The number of thiophene rings is 1. The van der Waals surface area contributed by atoms with Gasteiger partial charge in [-0.3, -0.25) is 4.99 Å². The fourth-order valence-corrected chi connectivity index (χ4v) is 4.73. The molecule has 0 radical (unpaired) electrons. The van der Waals surface area contributed by atoms with Gasteiger partial charge in [-0.1, -0.05) is 13.0 Å². The Morgan fingerprint density at radius 1 is 1.37 bits per heavy atom. The zero-order valence-corrected chi connectivity index (χ0v) is 19.8. The number of aliphatic imine (C=N–C) groups is 1. The molecule has 2 unspecified atom stereocenters. The molecule has 0 aromatic carbocycles. The van der Waals surface area contributed by atoms with Crippen LogP contribution in [0.4, 0.5) is 0 Å². The number of ether oxygens (including phenoxy) is 1. The minimum absolute atomic E-state index is 0. The largest absolute Gasteiger partial charge is 0.381 e. The number of piperidine rings is 1. The summed E-state index contributed by atoms with van der Waals surface area (Å²) in [6.45, 7) is 8.73. The molecular formula is C20H35IN4OS. The molecule has 3 rings (SSSR count). The van der Waals surface area contributed by atoms with Gasteiger partial charge in [-0.2, -0.15) is 0 Å². The normalized spacial score (nSPS) is 23.0. The van der Waals surface area contributed by atoms with Crippen molar-refractivity contribution < 1.29 is 4.74 Å². The molecule has 1 aromatic rings. The van der Waals surface area contributed by atoms with Crippen LogP contribution in [0.1, 0.15) is 31.1 Å². The van der Waals surface area contributed by atoms with E-state index >= 15 is 0 Å². The number of nitrogens with one attached hydrogen (secondary N) is 2. The highest BCUT2D eigenvalue weighted by Crippen LogP contribution is 2.18. The number of likely N-dealkylation sites (tertiary alicyclic amines) is 1. The Kier molecular flexibility index (Phi) is 10.4. The van der Waals surface area contributed by atoms with Crippen LogP contribution < -0.4 is 10.6 Å². The van der Waals surface area contributed by atoms with E-state index in [0.29, 0.717) is 12.0 Å². The van der Waals surface area contributed by atoms with E-state index in [1.165, 1.54) is 43.8 Å². The van der Waals surface area contributed by atoms with Gasteiger partial charge in [0.15, 0.2) is 5.96 Å². The molecule has 0 bridgehead atoms. The summed E-state index contributed by atoms with van der Waals surface area (Å²) >= 11 is 1.84. The zero-order valence-electron chi connectivity index (χ0n) is 16.7. The van der Waals surface area contributed by atoms with Gasteiger partial charge in [0.1, 0.15) is 0 Å². The summed E-state index contributed by atoms with van der Waals surface area (Å²) in [6.07, 6.45) is 4.75. The van der Waals surface area contributed by atoms with Crippen molar-refractivity contribution in [3.63, 3.8) is 0 Å². The second-order valence-electron chi connectivity index (χ2n) is 7.79. The average Bonchev–Trinajstić information content (AvgIpc) is 3.34. The summed E-state index contributed by atoms with van der Waals surface area (Å²) in [4.78, 5) is 8.49. The first-order chi connectivity index (χ1) is 12.7. The molecule has 0 amide bonds. The highest BCUT2D eigenvalue weighted by Gasteiger charge is 2.24. The van der Waals surface area contributed by atoms with Crippen LogP contribution in [-0.4, -0.2) is 63.3 Å². The summed E-state index contributed by atoms with van der Waals surface area (Å²) in [6, 6.07) is 4.89. The first-order valence-electron chi connectivity index (χ1n) is 10.0. The van der Waals surface area contributed by atoms with Gasteiger partial charge >= 0.3 is 0 Å². The third-order valence-corrected chi connectivity index (χ3v) is 6.34. The van der Waals surface area contributed by atoms with Crippen molar-refractivity contribution >= 4 is 41.3 Å². The molecule has 7 heteroatoms. The second kappa shape index (κ2) is 12.2. The fourth-order valence-electron chi connectivity index (χ4n) is 3.86. The van der Waals surface area contributed by atoms with Crippen LogP contribution >= 0.6 is 35.3 Å². The molecule has 27 heavy (non-hydrogen) atoms. The molecule has 0 aliphatic carbocycles. The minimum Gasteiger partial charge on any atom is -0.381 e. The van der Waals surface area contributed by atoms with Crippen molar-refractivity contribution in [2.75, 3.05) is 46.4 Å². The lowest BCUT2D eigenvalue weighted by atomic mass is 10.0. The number of hydrogen-bond acceptors (Lipinski definition) is 4. The van der Waals surface area contributed by atoms with E-state index in [1.807, 2.05) is 18.4 Å². The maximum atomic E-state index is 5.50. The van der Waals surface area contributed by atoms with Crippen LogP contribution in [0.3, 0.4) is 0 Å². The summed E-state index contributed by atoms with van der Waals surface area (Å²) < 4.78 is 5.50. The van der Waals surface area contributed by atoms with Gasteiger partial charge in [0.25, 0.3) is 0 Å². The van der Waals surface area contributed by atoms with Crippen molar-refractivity contribution in [1.82, 2.24) is 15.5 Å². The maximum Gasteiger partial charge on any atom is 0.191 e. The van der Waals surface area contributed by atoms with Crippen molar-refractivity contribution in [3.8, 4) is 0 Å². The highest BCUT2D eigenvalue weighted by atomic mass is 127. The fraction of sp³-hybridized carbons (Fsp3) is 0.750. The lowest BCUT2D eigenvalue weighted by Crippen LogP contribution is -2.49. The quantitative estimate of drug-likeness (QED) is 0.339. The van der Waals surface area contributed by atoms with Gasteiger partial charge in [-0.15, -0.1) is 35.3 Å². The van der Waals surface area contributed by atoms with Gasteiger partial charge < -0.3 is 20.3 Å². The average molecular weight is 506 g/mol. The van der Waals surface area contributed by atoms with Crippen molar-refractivity contribution in [3.05, 3.63) is 22.4 Å². The molecule has 2 N–H and O–H groups in total. The van der Waals surface area contributed by atoms with E-state index in [2.05, 4.69) is 45.0 Å². The van der Waals surface area contributed by atoms with E-state index in [9.17, 15) is 0 Å². The van der Waals surface area contributed by atoms with Crippen LogP contribution in [-0.2, 0) is 11.2 Å². The van der Waals surface area contributed by atoms with Gasteiger partial charge in [-0.25, -0.2) is 0 Å². The Labute approximate surface area is 185 Å². The highest BCUT2D eigenvalue weighted by molar-refractivity contribution is 14.0. The summed E-state index contributed by atoms with van der Waals surface area (Å²) in [5.41, 5.74) is 0. The van der Waals surface area contributed by atoms with E-state index in [0.717, 1.165) is 38.1 Å². The predicted molar refractivity (Wildman–Crippen MR) is 125 cm³/mol. The maximum absolute atomic E-state index is 5.50. The van der Waals surface area contributed by atoms with E-state index < -0.39 is 0 Å². The van der Waals surface area contributed by atoms with Crippen LogP contribution in [0.25, 0.3) is 0 Å². The number of nitrogens with zero attached hydrogens (tertiary/aromatic N) is 2. The van der Waals surface area contributed by atoms with Gasteiger partial charge in [0, 0.05) is 50.8 Å². The lowest BCUT2D eigenvalue weighted by molar-refractivity contribution is 0.150. The number of guanidine groups is 1. The van der Waals surface area contributed by atoms with Crippen molar-refractivity contribution in [2.24, 2.45) is 16.8 Å². The van der Waals surface area contributed by atoms with Gasteiger partial charge in [-0.05, 0) is 49.0 Å². The van der Waals surface area contributed by atoms with Crippen LogP contribution in [0, 0.1) is 11.8 Å². The zero-order chi connectivity index (χ0) is 18.2. The molecule has 2 aliphatic heterocycles. The minimum atomic E-state index is 0. The lowest BCUT2D eigenvalue weighted by Gasteiger charge is -2.34. The van der Waals surface area contributed by atoms with Crippen LogP contribution in [0.5, 0.6) is 0 Å². The Hall–Kier alpha value is -0.380. The molecule has 1 aromatic heterocycles. The summed E-state index contributed by atoms with van der Waals surface area (Å²) in [7, 11) is 1.87. The second-order valence-corrected chi connectivity index (χ2v) is 8.82. The van der Waals surface area contributed by atoms with Crippen LogP contribution in [0.15, 0.2) is 22.5 Å². The molecule has 154 valence electrons. The number of rotatable bonds is 7. The number of hydrogen-bond donors (Lipinski definition) is 2. The molecule has 2 atom stereocenters. The van der Waals surface area contributed by atoms with E-state index in [4.69, 9.17) is 4.74 Å². The third-order valence-electron chi connectivity index (χ3n) is 5.44. The van der Waals surface area contributed by atoms with Crippen molar-refractivity contribution in [2.45, 2.75) is 38.6 Å².